The van der Waals surface area contributed by atoms with Crippen molar-refractivity contribution in [3.63, 3.8) is 0 Å². The number of imidazole rings is 1. The third-order valence-electron chi connectivity index (χ3n) is 5.02. The Balaban J connectivity index is 1.80. The third kappa shape index (κ3) is 3.11. The Morgan fingerprint density at radius 2 is 2.04 bits per heavy atom. The number of para-hydroxylation sites is 2. The molecule has 2 N–H and O–H groups in total. The van der Waals surface area contributed by atoms with E-state index in [1.54, 1.807) is 7.05 Å². The number of hydrogen-bond acceptors (Lipinski definition) is 3. The molecule has 1 amide bonds. The number of fused-ring (bicyclic) bond motifs is 1. The Bertz CT molecular complexity index is 693. The molecule has 1 aromatic carbocycles. The number of hydrogen-bond donors (Lipinski definition) is 2. The topological polar surface area (TPSA) is 59.0 Å². The van der Waals surface area contributed by atoms with Crippen LogP contribution >= 0.6 is 0 Å². The second-order valence-corrected chi connectivity index (χ2v) is 6.52. The predicted molar refractivity (Wildman–Crippen MR) is 92.1 cm³/mol. The number of aromatic nitrogens is 2. The molecule has 0 bridgehead atoms. The standard InChI is InChI=1S/C18H26N4O/c1-12(17-21-15-10-6-7-11-16(15)22(17)3)20-14-9-5-4-8-13(14)18(23)19-2/h6-7,10-14,20H,4-5,8-9H2,1-3H3,(H,19,23)/t12-,13+,14-/m0/s1. The quantitative estimate of drug-likeness (QED) is 0.912. The number of carbonyl (C=O) groups is 1. The molecule has 1 aromatic heterocycles. The molecule has 3 atom stereocenters. The highest BCUT2D eigenvalue weighted by Gasteiger charge is 2.31. The summed E-state index contributed by atoms with van der Waals surface area (Å²) in [6.45, 7) is 2.14. The molecular weight excluding hydrogens is 288 g/mol. The Morgan fingerprint density at radius 1 is 1.30 bits per heavy atom. The van der Waals surface area contributed by atoms with Crippen molar-refractivity contribution in [1.29, 1.82) is 0 Å². The molecule has 23 heavy (non-hydrogen) atoms. The molecule has 1 aliphatic carbocycles. The van der Waals surface area contributed by atoms with E-state index in [0.29, 0.717) is 0 Å². The number of nitrogens with one attached hydrogen (secondary N) is 2. The first-order valence-corrected chi connectivity index (χ1v) is 8.50. The molecule has 5 nitrogen and oxygen atoms in total. The Kier molecular flexibility index (Phi) is 4.66. The van der Waals surface area contributed by atoms with Crippen LogP contribution in [0.15, 0.2) is 24.3 Å². The fraction of sp³-hybridized carbons (Fsp3) is 0.556. The highest BCUT2D eigenvalue weighted by atomic mass is 16.1. The van der Waals surface area contributed by atoms with Crippen molar-refractivity contribution in [3.8, 4) is 0 Å². The lowest BCUT2D eigenvalue weighted by molar-refractivity contribution is -0.126. The molecule has 0 unspecified atom stereocenters. The molecule has 124 valence electrons. The Morgan fingerprint density at radius 3 is 2.78 bits per heavy atom. The minimum atomic E-state index is 0.0610. The zero-order chi connectivity index (χ0) is 16.4. The molecule has 1 fully saturated rings. The van der Waals surface area contributed by atoms with Crippen LogP contribution in [0.3, 0.4) is 0 Å². The van der Waals surface area contributed by atoms with Gasteiger partial charge in [0.1, 0.15) is 5.82 Å². The normalized spacial score (nSPS) is 22.9. The van der Waals surface area contributed by atoms with E-state index in [2.05, 4.69) is 35.2 Å². The van der Waals surface area contributed by atoms with Gasteiger partial charge in [-0.1, -0.05) is 25.0 Å². The van der Waals surface area contributed by atoms with E-state index in [4.69, 9.17) is 4.98 Å². The lowest BCUT2D eigenvalue weighted by atomic mass is 9.83. The maximum atomic E-state index is 12.1. The maximum Gasteiger partial charge on any atom is 0.224 e. The summed E-state index contributed by atoms with van der Waals surface area (Å²) in [5.74, 6) is 1.23. The van der Waals surface area contributed by atoms with Crippen LogP contribution in [0.1, 0.15) is 44.5 Å². The van der Waals surface area contributed by atoms with E-state index in [1.165, 1.54) is 6.42 Å². The van der Waals surface area contributed by atoms with Crippen LogP contribution in [-0.2, 0) is 11.8 Å². The summed E-state index contributed by atoms with van der Waals surface area (Å²) in [6, 6.07) is 8.52. The summed E-state index contributed by atoms with van der Waals surface area (Å²) < 4.78 is 2.14. The fourth-order valence-electron chi connectivity index (χ4n) is 3.78. The molecule has 0 saturated heterocycles. The van der Waals surface area contributed by atoms with E-state index >= 15 is 0 Å². The van der Waals surface area contributed by atoms with Crippen molar-refractivity contribution in [3.05, 3.63) is 30.1 Å². The van der Waals surface area contributed by atoms with Crippen LogP contribution in [0.25, 0.3) is 11.0 Å². The number of rotatable bonds is 4. The van der Waals surface area contributed by atoms with Crippen molar-refractivity contribution in [2.45, 2.75) is 44.7 Å². The summed E-state index contributed by atoms with van der Waals surface area (Å²) in [4.78, 5) is 16.9. The van der Waals surface area contributed by atoms with Gasteiger partial charge in [-0.3, -0.25) is 4.79 Å². The van der Waals surface area contributed by atoms with E-state index < -0.39 is 0 Å². The largest absolute Gasteiger partial charge is 0.359 e. The Labute approximate surface area is 137 Å². The number of aryl methyl sites for hydroxylation is 1. The van der Waals surface area contributed by atoms with Gasteiger partial charge in [0.25, 0.3) is 0 Å². The van der Waals surface area contributed by atoms with Crippen molar-refractivity contribution >= 4 is 16.9 Å². The minimum absolute atomic E-state index is 0.0610. The number of carbonyl (C=O) groups excluding carboxylic acids is 1. The van der Waals surface area contributed by atoms with Crippen LogP contribution in [0.5, 0.6) is 0 Å². The van der Waals surface area contributed by atoms with Crippen molar-refractivity contribution < 1.29 is 4.79 Å². The number of nitrogens with zero attached hydrogens (tertiary/aromatic N) is 2. The van der Waals surface area contributed by atoms with Crippen LogP contribution in [-0.4, -0.2) is 28.5 Å². The SMILES string of the molecule is CNC(=O)[C@@H]1CCCC[C@@H]1N[C@@H](C)c1nc2ccccc2n1C. The molecule has 1 saturated carbocycles. The van der Waals surface area contributed by atoms with Gasteiger partial charge in [0.05, 0.1) is 23.0 Å². The summed E-state index contributed by atoms with van der Waals surface area (Å²) in [5.41, 5.74) is 2.16. The molecule has 1 heterocycles. The summed E-state index contributed by atoms with van der Waals surface area (Å²) in [7, 11) is 3.78. The second-order valence-electron chi connectivity index (χ2n) is 6.52. The van der Waals surface area contributed by atoms with Gasteiger partial charge in [-0.15, -0.1) is 0 Å². The van der Waals surface area contributed by atoms with Crippen LogP contribution in [0, 0.1) is 5.92 Å². The van der Waals surface area contributed by atoms with Gasteiger partial charge in [-0.2, -0.15) is 0 Å². The van der Waals surface area contributed by atoms with Crippen LogP contribution in [0.4, 0.5) is 0 Å². The van der Waals surface area contributed by atoms with Gasteiger partial charge in [0, 0.05) is 20.1 Å². The highest BCUT2D eigenvalue weighted by Crippen LogP contribution is 2.27. The fourth-order valence-corrected chi connectivity index (χ4v) is 3.78. The first-order valence-electron chi connectivity index (χ1n) is 8.50. The average Bonchev–Trinajstić information content (AvgIpc) is 2.92. The smallest absolute Gasteiger partial charge is 0.224 e. The molecule has 0 spiro atoms. The van der Waals surface area contributed by atoms with Crippen molar-refractivity contribution in [1.82, 2.24) is 20.2 Å². The first kappa shape index (κ1) is 16.0. The summed E-state index contributed by atoms with van der Waals surface area (Å²) >= 11 is 0. The third-order valence-corrected chi connectivity index (χ3v) is 5.02. The van der Waals surface area contributed by atoms with Gasteiger partial charge in [-0.05, 0) is 31.9 Å². The molecule has 0 radical (unpaired) electrons. The van der Waals surface area contributed by atoms with Crippen molar-refractivity contribution in [2.75, 3.05) is 7.05 Å². The lowest BCUT2D eigenvalue weighted by Crippen LogP contribution is -2.46. The zero-order valence-electron chi connectivity index (χ0n) is 14.2. The average molecular weight is 314 g/mol. The van der Waals surface area contributed by atoms with Gasteiger partial charge in [0.2, 0.25) is 5.91 Å². The van der Waals surface area contributed by atoms with Crippen LogP contribution in [0.2, 0.25) is 0 Å². The van der Waals surface area contributed by atoms with Gasteiger partial charge >= 0.3 is 0 Å². The molecule has 5 heteroatoms. The number of amides is 1. The molecule has 0 aliphatic heterocycles. The van der Waals surface area contributed by atoms with Gasteiger partial charge in [0.15, 0.2) is 0 Å². The molecule has 3 rings (SSSR count). The molecule has 2 aromatic rings. The van der Waals surface area contributed by atoms with E-state index in [1.807, 2.05) is 18.2 Å². The predicted octanol–water partition coefficient (Wildman–Crippen LogP) is 2.53. The summed E-state index contributed by atoms with van der Waals surface area (Å²) in [6.07, 6.45) is 4.33. The minimum Gasteiger partial charge on any atom is -0.359 e. The van der Waals surface area contributed by atoms with Crippen LogP contribution < -0.4 is 10.6 Å². The van der Waals surface area contributed by atoms with E-state index in [0.717, 1.165) is 36.1 Å². The first-order chi connectivity index (χ1) is 11.1. The zero-order valence-corrected chi connectivity index (χ0v) is 14.2. The van der Waals surface area contributed by atoms with Crippen molar-refractivity contribution in [2.24, 2.45) is 13.0 Å². The lowest BCUT2D eigenvalue weighted by Gasteiger charge is -2.33. The summed E-state index contributed by atoms with van der Waals surface area (Å²) in [5, 5.41) is 6.47. The molecule has 1 aliphatic rings. The van der Waals surface area contributed by atoms with E-state index in [-0.39, 0.29) is 23.9 Å². The van der Waals surface area contributed by atoms with E-state index in [9.17, 15) is 4.79 Å². The highest BCUT2D eigenvalue weighted by molar-refractivity contribution is 5.79. The second kappa shape index (κ2) is 6.71. The monoisotopic (exact) mass is 314 g/mol. The maximum absolute atomic E-state index is 12.1. The number of benzene rings is 1. The Hall–Kier alpha value is -1.88. The van der Waals surface area contributed by atoms with Gasteiger partial charge < -0.3 is 15.2 Å². The molecular formula is C18H26N4O. The van der Waals surface area contributed by atoms with Gasteiger partial charge in [-0.25, -0.2) is 4.98 Å².